The Morgan fingerprint density at radius 3 is 2.60 bits per heavy atom. The van der Waals surface area contributed by atoms with Gasteiger partial charge in [-0.15, -0.1) is 0 Å². The minimum atomic E-state index is -0.712. The standard InChI is InChI=1S/C15H26N2O3/c18-14(5-4-11-6-8-16-9-7-11)17-10-12-2-1-3-13(12)15(19)20/h11-13,16H,1-10H2,(H,17,18)(H,19,20). The quantitative estimate of drug-likeness (QED) is 0.688. The third-order valence-corrected chi connectivity index (χ3v) is 4.78. The lowest BCUT2D eigenvalue weighted by Gasteiger charge is -2.22. The predicted molar refractivity (Wildman–Crippen MR) is 76.3 cm³/mol. The molecule has 20 heavy (non-hydrogen) atoms. The summed E-state index contributed by atoms with van der Waals surface area (Å²) in [7, 11) is 0. The van der Waals surface area contributed by atoms with Gasteiger partial charge in [0.05, 0.1) is 5.92 Å². The molecule has 1 aliphatic heterocycles. The van der Waals surface area contributed by atoms with E-state index in [1.807, 2.05) is 0 Å². The van der Waals surface area contributed by atoms with E-state index >= 15 is 0 Å². The summed E-state index contributed by atoms with van der Waals surface area (Å²) in [5.74, 6) is -0.105. The number of carboxylic acids is 1. The van der Waals surface area contributed by atoms with E-state index < -0.39 is 5.97 Å². The third kappa shape index (κ3) is 4.47. The molecule has 3 N–H and O–H groups in total. The lowest BCUT2D eigenvalue weighted by molar-refractivity contribution is -0.143. The topological polar surface area (TPSA) is 78.4 Å². The molecule has 2 aliphatic rings. The highest BCUT2D eigenvalue weighted by Gasteiger charge is 2.32. The van der Waals surface area contributed by atoms with Gasteiger partial charge in [-0.05, 0) is 57.0 Å². The molecule has 0 bridgehead atoms. The minimum Gasteiger partial charge on any atom is -0.481 e. The fourth-order valence-electron chi connectivity index (χ4n) is 3.45. The Hall–Kier alpha value is -1.10. The Kier molecular flexibility index (Phi) is 5.83. The average molecular weight is 282 g/mol. The van der Waals surface area contributed by atoms with E-state index in [0.29, 0.717) is 18.9 Å². The van der Waals surface area contributed by atoms with Crippen LogP contribution >= 0.6 is 0 Å². The monoisotopic (exact) mass is 282 g/mol. The summed E-state index contributed by atoms with van der Waals surface area (Å²) in [6.07, 6.45) is 6.51. The van der Waals surface area contributed by atoms with Crippen molar-refractivity contribution in [2.75, 3.05) is 19.6 Å². The number of carboxylic acid groups (broad SMARTS) is 1. The van der Waals surface area contributed by atoms with Crippen LogP contribution < -0.4 is 10.6 Å². The minimum absolute atomic E-state index is 0.0829. The van der Waals surface area contributed by atoms with Crippen molar-refractivity contribution in [2.45, 2.75) is 44.9 Å². The zero-order valence-corrected chi connectivity index (χ0v) is 12.1. The lowest BCUT2D eigenvalue weighted by Crippen LogP contribution is -2.33. The molecular formula is C15H26N2O3. The Morgan fingerprint density at radius 1 is 1.15 bits per heavy atom. The van der Waals surface area contributed by atoms with Crippen LogP contribution in [0.1, 0.15) is 44.9 Å². The summed E-state index contributed by atoms with van der Waals surface area (Å²) in [5.41, 5.74) is 0. The van der Waals surface area contributed by atoms with Gasteiger partial charge < -0.3 is 15.7 Å². The Bertz CT molecular complexity index is 340. The molecule has 2 unspecified atom stereocenters. The van der Waals surface area contributed by atoms with Gasteiger partial charge in [0.15, 0.2) is 0 Å². The number of nitrogens with one attached hydrogen (secondary N) is 2. The molecule has 0 aromatic rings. The van der Waals surface area contributed by atoms with Crippen LogP contribution in [-0.4, -0.2) is 36.6 Å². The fraction of sp³-hybridized carbons (Fsp3) is 0.867. The van der Waals surface area contributed by atoms with Gasteiger partial charge in [0.25, 0.3) is 0 Å². The van der Waals surface area contributed by atoms with Gasteiger partial charge >= 0.3 is 5.97 Å². The van der Waals surface area contributed by atoms with Crippen LogP contribution in [0.25, 0.3) is 0 Å². The Morgan fingerprint density at radius 2 is 1.90 bits per heavy atom. The van der Waals surface area contributed by atoms with Crippen molar-refractivity contribution in [3.8, 4) is 0 Å². The zero-order chi connectivity index (χ0) is 14.4. The fourth-order valence-corrected chi connectivity index (χ4v) is 3.45. The first kappa shape index (κ1) is 15.3. The molecule has 1 aliphatic carbocycles. The molecular weight excluding hydrogens is 256 g/mol. The molecule has 5 nitrogen and oxygen atoms in total. The van der Waals surface area contributed by atoms with Crippen LogP contribution in [-0.2, 0) is 9.59 Å². The van der Waals surface area contributed by atoms with Crippen molar-refractivity contribution in [1.82, 2.24) is 10.6 Å². The van der Waals surface area contributed by atoms with E-state index in [0.717, 1.165) is 51.6 Å². The first-order chi connectivity index (χ1) is 9.66. The van der Waals surface area contributed by atoms with Crippen molar-refractivity contribution in [2.24, 2.45) is 17.8 Å². The Labute approximate surface area is 120 Å². The van der Waals surface area contributed by atoms with Crippen molar-refractivity contribution < 1.29 is 14.7 Å². The molecule has 2 rings (SSSR count). The lowest BCUT2D eigenvalue weighted by atomic mass is 9.93. The summed E-state index contributed by atoms with van der Waals surface area (Å²) in [6.45, 7) is 2.66. The number of hydrogen-bond acceptors (Lipinski definition) is 3. The first-order valence-electron chi connectivity index (χ1n) is 7.87. The van der Waals surface area contributed by atoms with Crippen LogP contribution in [0.4, 0.5) is 0 Å². The van der Waals surface area contributed by atoms with Crippen LogP contribution in [0.5, 0.6) is 0 Å². The van der Waals surface area contributed by atoms with E-state index in [1.54, 1.807) is 0 Å². The van der Waals surface area contributed by atoms with E-state index in [2.05, 4.69) is 10.6 Å². The van der Waals surface area contributed by atoms with E-state index in [-0.39, 0.29) is 17.7 Å². The molecule has 2 fully saturated rings. The molecule has 1 heterocycles. The van der Waals surface area contributed by atoms with Crippen LogP contribution in [0.3, 0.4) is 0 Å². The third-order valence-electron chi connectivity index (χ3n) is 4.78. The summed E-state index contributed by atoms with van der Waals surface area (Å²) < 4.78 is 0. The second-order valence-electron chi connectivity index (χ2n) is 6.17. The maximum absolute atomic E-state index is 11.8. The highest BCUT2D eigenvalue weighted by atomic mass is 16.4. The van der Waals surface area contributed by atoms with Crippen molar-refractivity contribution in [3.05, 3.63) is 0 Å². The summed E-state index contributed by atoms with van der Waals surface area (Å²) in [6, 6.07) is 0. The highest BCUT2D eigenvalue weighted by molar-refractivity contribution is 5.76. The van der Waals surface area contributed by atoms with E-state index in [9.17, 15) is 9.59 Å². The number of amides is 1. The number of rotatable bonds is 6. The van der Waals surface area contributed by atoms with Crippen LogP contribution in [0, 0.1) is 17.8 Å². The maximum Gasteiger partial charge on any atom is 0.306 e. The molecule has 1 saturated heterocycles. The maximum atomic E-state index is 11.8. The van der Waals surface area contributed by atoms with Crippen LogP contribution in [0.2, 0.25) is 0 Å². The number of carbonyl (C=O) groups excluding carboxylic acids is 1. The first-order valence-corrected chi connectivity index (χ1v) is 7.87. The summed E-state index contributed by atoms with van der Waals surface area (Å²) in [4.78, 5) is 22.9. The van der Waals surface area contributed by atoms with Crippen molar-refractivity contribution in [1.29, 1.82) is 0 Å². The zero-order valence-electron chi connectivity index (χ0n) is 12.1. The van der Waals surface area contributed by atoms with Gasteiger partial charge in [0.2, 0.25) is 5.91 Å². The molecule has 114 valence electrons. The summed E-state index contributed by atoms with van der Waals surface area (Å²) >= 11 is 0. The van der Waals surface area contributed by atoms with E-state index in [4.69, 9.17) is 5.11 Å². The molecule has 0 radical (unpaired) electrons. The smallest absolute Gasteiger partial charge is 0.306 e. The van der Waals surface area contributed by atoms with Crippen molar-refractivity contribution >= 4 is 11.9 Å². The molecule has 0 aromatic heterocycles. The number of hydrogen-bond donors (Lipinski definition) is 3. The second-order valence-corrected chi connectivity index (χ2v) is 6.17. The predicted octanol–water partition coefficient (Wildman–Crippen LogP) is 1.38. The van der Waals surface area contributed by atoms with Crippen LogP contribution in [0.15, 0.2) is 0 Å². The van der Waals surface area contributed by atoms with Gasteiger partial charge in [0.1, 0.15) is 0 Å². The second kappa shape index (κ2) is 7.62. The number of piperidine rings is 1. The normalized spacial score (nSPS) is 27.4. The Balaban J connectivity index is 1.63. The summed E-state index contributed by atoms with van der Waals surface area (Å²) in [5, 5.41) is 15.4. The van der Waals surface area contributed by atoms with Gasteiger partial charge in [0, 0.05) is 13.0 Å². The van der Waals surface area contributed by atoms with Crippen molar-refractivity contribution in [3.63, 3.8) is 0 Å². The van der Waals surface area contributed by atoms with Gasteiger partial charge in [-0.3, -0.25) is 9.59 Å². The highest BCUT2D eigenvalue weighted by Crippen LogP contribution is 2.31. The van der Waals surface area contributed by atoms with E-state index in [1.165, 1.54) is 0 Å². The largest absolute Gasteiger partial charge is 0.481 e. The van der Waals surface area contributed by atoms with Gasteiger partial charge in [-0.2, -0.15) is 0 Å². The van der Waals surface area contributed by atoms with Gasteiger partial charge in [-0.1, -0.05) is 6.42 Å². The number of carbonyl (C=O) groups is 2. The molecule has 5 heteroatoms. The molecule has 0 spiro atoms. The molecule has 0 aromatic carbocycles. The average Bonchev–Trinajstić information content (AvgIpc) is 2.92. The molecule has 2 atom stereocenters. The SMILES string of the molecule is O=C(CCC1CCNCC1)NCC1CCCC1C(=O)O. The number of aliphatic carboxylic acids is 1. The molecule has 1 saturated carbocycles. The molecule has 1 amide bonds. The van der Waals surface area contributed by atoms with Gasteiger partial charge in [-0.25, -0.2) is 0 Å².